The molecule has 5 amide bonds. The molecule has 3 atom stereocenters. The highest BCUT2D eigenvalue weighted by atomic mass is 16.5. The van der Waals surface area contributed by atoms with Crippen molar-refractivity contribution in [1.82, 2.24) is 35.7 Å². The summed E-state index contributed by atoms with van der Waals surface area (Å²) >= 11 is 0. The number of imidazole rings is 1. The van der Waals surface area contributed by atoms with E-state index in [1.165, 1.54) is 6.92 Å². The maximum absolute atomic E-state index is 13.9. The second kappa shape index (κ2) is 18.7. The topological polar surface area (TPSA) is 184 Å². The first-order valence-corrected chi connectivity index (χ1v) is 18.8. The number of aromatic nitrogens is 2. The number of aliphatic hydroxyl groups excluding tert-OH is 1. The number of hydrogen-bond donors (Lipinski definition) is 5. The Bertz CT molecular complexity index is 1750. The lowest BCUT2D eigenvalue weighted by molar-refractivity contribution is -0.134. The van der Waals surface area contributed by atoms with Gasteiger partial charge in [-0.1, -0.05) is 38.1 Å². The molecule has 1 aliphatic carbocycles. The lowest BCUT2D eigenvalue weighted by Gasteiger charge is -2.26. The molecule has 5 rings (SSSR count). The average molecular weight is 732 g/mol. The average Bonchev–Trinajstić information content (AvgIpc) is 3.90. The molecule has 0 spiro atoms. The van der Waals surface area contributed by atoms with Gasteiger partial charge in [0.15, 0.2) is 6.61 Å². The predicted molar refractivity (Wildman–Crippen MR) is 199 cm³/mol. The Hall–Kier alpha value is -4.98. The number of hydrogen-bond acceptors (Lipinski definition) is 8. The van der Waals surface area contributed by atoms with Crippen LogP contribution in [0.1, 0.15) is 76.6 Å². The quantitative estimate of drug-likeness (QED) is 0.256. The Morgan fingerprint density at radius 2 is 1.66 bits per heavy atom. The molecular formula is C39H53N7O7. The molecule has 2 heterocycles. The maximum atomic E-state index is 13.9. The van der Waals surface area contributed by atoms with E-state index < -0.39 is 35.9 Å². The van der Waals surface area contributed by atoms with Crippen LogP contribution >= 0.6 is 0 Å². The summed E-state index contributed by atoms with van der Waals surface area (Å²) in [7, 11) is 0. The largest absolute Gasteiger partial charge is 0.484 e. The van der Waals surface area contributed by atoms with Crippen molar-refractivity contribution < 1.29 is 33.8 Å². The zero-order valence-electron chi connectivity index (χ0n) is 30.9. The van der Waals surface area contributed by atoms with Crippen LogP contribution < -0.4 is 26.0 Å². The number of amides is 5. The Morgan fingerprint density at radius 1 is 0.906 bits per heavy atom. The molecule has 286 valence electrons. The van der Waals surface area contributed by atoms with Crippen LogP contribution in [0, 0.1) is 5.92 Å². The summed E-state index contributed by atoms with van der Waals surface area (Å²) in [4.78, 5) is 72.8. The van der Waals surface area contributed by atoms with Crippen molar-refractivity contribution in [2.45, 2.75) is 96.4 Å². The fraction of sp³-hybridized carbons (Fsp3) is 0.538. The molecule has 14 heteroatoms. The lowest BCUT2D eigenvalue weighted by Crippen LogP contribution is -2.57. The molecule has 2 aromatic carbocycles. The summed E-state index contributed by atoms with van der Waals surface area (Å²) in [5.74, 6) is -0.144. The molecule has 1 aliphatic heterocycles. The molecule has 0 saturated heterocycles. The summed E-state index contributed by atoms with van der Waals surface area (Å²) in [5.41, 5.74) is 2.41. The van der Waals surface area contributed by atoms with E-state index in [2.05, 4.69) is 21.3 Å². The first-order valence-electron chi connectivity index (χ1n) is 18.8. The molecule has 2 aliphatic rings. The Balaban J connectivity index is 1.30. The number of rotatable bonds is 6. The van der Waals surface area contributed by atoms with E-state index in [0.29, 0.717) is 62.5 Å². The van der Waals surface area contributed by atoms with Crippen LogP contribution in [-0.2, 0) is 36.9 Å². The molecule has 0 radical (unpaired) electrons. The molecule has 2 bridgehead atoms. The van der Waals surface area contributed by atoms with Gasteiger partial charge >= 0.3 is 0 Å². The fourth-order valence-corrected chi connectivity index (χ4v) is 6.49. The van der Waals surface area contributed by atoms with Crippen LogP contribution in [0.5, 0.6) is 5.75 Å². The third-order valence-electron chi connectivity index (χ3n) is 9.41. The second-order valence-electron chi connectivity index (χ2n) is 14.5. The van der Waals surface area contributed by atoms with E-state index in [4.69, 9.17) is 9.72 Å². The number of carbonyl (C=O) groups excluding carboxylic acids is 5. The van der Waals surface area contributed by atoms with Gasteiger partial charge in [0.25, 0.3) is 5.91 Å². The van der Waals surface area contributed by atoms with Crippen LogP contribution in [0.25, 0.3) is 11.0 Å². The van der Waals surface area contributed by atoms with Gasteiger partial charge in [0.05, 0.1) is 23.6 Å². The van der Waals surface area contributed by atoms with Crippen LogP contribution in [-0.4, -0.2) is 100 Å². The van der Waals surface area contributed by atoms with Crippen molar-refractivity contribution in [3.63, 3.8) is 0 Å². The predicted octanol–water partition coefficient (Wildman–Crippen LogP) is 2.18. The SMILES string of the molecule is CC(C)C[C@H]1NC(=O)Cc2cccc(c2)OCC(=O)NCCCN(C(=O)Cn2c(C3CC3)nc3ccccc32)CCCCNC(=O)[C@H]([C@@H](C)O)NC1=O. The molecule has 1 fully saturated rings. The van der Waals surface area contributed by atoms with Crippen LogP contribution in [0.4, 0.5) is 0 Å². The summed E-state index contributed by atoms with van der Waals surface area (Å²) in [6.45, 7) is 6.64. The van der Waals surface area contributed by atoms with Crippen molar-refractivity contribution in [2.75, 3.05) is 32.8 Å². The summed E-state index contributed by atoms with van der Waals surface area (Å²) in [5, 5.41) is 21.6. The smallest absolute Gasteiger partial charge is 0.257 e. The van der Waals surface area contributed by atoms with Crippen LogP contribution in [0.15, 0.2) is 48.5 Å². The molecule has 14 nitrogen and oxygen atoms in total. The van der Waals surface area contributed by atoms with E-state index in [1.54, 1.807) is 29.2 Å². The fourth-order valence-electron chi connectivity index (χ4n) is 6.49. The highest BCUT2D eigenvalue weighted by Crippen LogP contribution is 2.40. The van der Waals surface area contributed by atoms with Crippen molar-refractivity contribution in [3.8, 4) is 5.75 Å². The van der Waals surface area contributed by atoms with Gasteiger partial charge < -0.3 is 40.6 Å². The Morgan fingerprint density at radius 3 is 2.42 bits per heavy atom. The van der Waals surface area contributed by atoms with Gasteiger partial charge in [0.1, 0.15) is 30.2 Å². The van der Waals surface area contributed by atoms with Crippen molar-refractivity contribution in [2.24, 2.45) is 5.92 Å². The molecule has 1 aromatic heterocycles. The van der Waals surface area contributed by atoms with E-state index in [1.807, 2.05) is 42.7 Å². The number of para-hydroxylation sites is 2. The first kappa shape index (κ1) is 39.2. The van der Waals surface area contributed by atoms with E-state index in [0.717, 1.165) is 29.7 Å². The normalized spacial score (nSPS) is 21.1. The van der Waals surface area contributed by atoms with Crippen LogP contribution in [0.2, 0.25) is 0 Å². The highest BCUT2D eigenvalue weighted by molar-refractivity contribution is 5.92. The highest BCUT2D eigenvalue weighted by Gasteiger charge is 2.32. The standard InChI is InChI=1S/C39H53N7O7/c1-25(2)20-31-38(51)44-36(26(3)47)39(52)41-16-6-7-18-45(35(50)23-46-32-13-5-4-12-30(32)43-37(46)28-14-15-28)19-9-17-40-34(49)24-53-29-11-8-10-27(21-29)22-33(48)42-31/h4-5,8,10-13,21,25-26,28,31,36,47H,6-7,9,14-20,22-24H2,1-3H3,(H,40,49)(H,41,52)(H,42,48)(H,44,51)/t26-,31-,36+/m1/s1. The monoisotopic (exact) mass is 731 g/mol. The van der Waals surface area contributed by atoms with Gasteiger partial charge in [0, 0.05) is 32.1 Å². The number of nitrogens with one attached hydrogen (secondary N) is 4. The van der Waals surface area contributed by atoms with E-state index in [9.17, 15) is 29.1 Å². The Labute approximate surface area is 310 Å². The van der Waals surface area contributed by atoms with Crippen LogP contribution in [0.3, 0.4) is 0 Å². The minimum atomic E-state index is -1.23. The zero-order valence-corrected chi connectivity index (χ0v) is 30.9. The zero-order chi connectivity index (χ0) is 37.9. The minimum absolute atomic E-state index is 0.0419. The molecular weight excluding hydrogens is 678 g/mol. The summed E-state index contributed by atoms with van der Waals surface area (Å²) < 4.78 is 7.74. The minimum Gasteiger partial charge on any atom is -0.484 e. The number of nitrogens with zero attached hydrogens (tertiary/aromatic N) is 3. The second-order valence-corrected chi connectivity index (χ2v) is 14.5. The first-order chi connectivity index (χ1) is 25.5. The van der Waals surface area contributed by atoms with E-state index in [-0.39, 0.29) is 43.8 Å². The maximum Gasteiger partial charge on any atom is 0.257 e. The number of ether oxygens (including phenoxy) is 1. The Kier molecular flexibility index (Phi) is 13.8. The van der Waals surface area contributed by atoms with Crippen molar-refractivity contribution in [3.05, 3.63) is 59.9 Å². The number of carbonyl (C=O) groups is 5. The molecule has 53 heavy (non-hydrogen) atoms. The number of fused-ring (bicyclic) bond motifs is 3. The third-order valence-corrected chi connectivity index (χ3v) is 9.41. The van der Waals surface area contributed by atoms with Gasteiger partial charge in [-0.15, -0.1) is 0 Å². The van der Waals surface area contributed by atoms with Gasteiger partial charge in [0.2, 0.25) is 23.6 Å². The third kappa shape index (κ3) is 11.5. The molecule has 0 unspecified atom stereocenters. The summed E-state index contributed by atoms with van der Waals surface area (Å²) in [6.07, 6.45) is 2.83. The molecule has 3 aromatic rings. The van der Waals surface area contributed by atoms with E-state index >= 15 is 0 Å². The number of aliphatic hydroxyl groups is 1. The van der Waals surface area contributed by atoms with Gasteiger partial charge in [-0.3, -0.25) is 24.0 Å². The van der Waals surface area contributed by atoms with Crippen molar-refractivity contribution in [1.29, 1.82) is 0 Å². The van der Waals surface area contributed by atoms with Gasteiger partial charge in [-0.25, -0.2) is 4.98 Å². The molecule has 5 N–H and O–H groups in total. The number of benzene rings is 2. The molecule has 1 saturated carbocycles. The summed E-state index contributed by atoms with van der Waals surface area (Å²) in [6, 6.07) is 12.5. The van der Waals surface area contributed by atoms with Crippen molar-refractivity contribution >= 4 is 40.6 Å². The lowest BCUT2D eigenvalue weighted by atomic mass is 10.0. The van der Waals surface area contributed by atoms with Gasteiger partial charge in [-0.2, -0.15) is 0 Å². The van der Waals surface area contributed by atoms with Gasteiger partial charge in [-0.05, 0) is 81.2 Å².